The number of fused-ring (bicyclic) bond motifs is 1. The minimum Gasteiger partial charge on any atom is -0.465 e. The number of esters is 1. The smallest absolute Gasteiger partial charge is 0.345 e. The summed E-state index contributed by atoms with van der Waals surface area (Å²) in [6, 6.07) is 12.1. The van der Waals surface area contributed by atoms with Crippen molar-refractivity contribution in [2.45, 2.75) is 6.54 Å². The first kappa shape index (κ1) is 26.9. The van der Waals surface area contributed by atoms with Crippen molar-refractivity contribution in [3.05, 3.63) is 74.0 Å². The molecule has 1 aliphatic rings. The van der Waals surface area contributed by atoms with E-state index in [4.69, 9.17) is 27.9 Å². The third-order valence-electron chi connectivity index (χ3n) is 6.60. The van der Waals surface area contributed by atoms with Crippen molar-refractivity contribution in [2.24, 2.45) is 0 Å². The van der Waals surface area contributed by atoms with Gasteiger partial charge in [0.05, 0.1) is 18.3 Å². The molecule has 0 spiro atoms. The number of hydrazine groups is 1. The lowest BCUT2D eigenvalue weighted by molar-refractivity contribution is 0.0597. The number of hydrogen-bond donors (Lipinski definition) is 1. The second kappa shape index (κ2) is 11.5. The van der Waals surface area contributed by atoms with Gasteiger partial charge in [0.15, 0.2) is 0 Å². The van der Waals surface area contributed by atoms with Crippen molar-refractivity contribution in [3.8, 4) is 0 Å². The molecule has 0 atom stereocenters. The molecule has 37 heavy (non-hydrogen) atoms. The zero-order chi connectivity index (χ0) is 26.7. The van der Waals surface area contributed by atoms with E-state index in [9.17, 15) is 14.4 Å². The number of nitrogens with zero attached hydrogens (tertiary/aromatic N) is 4. The van der Waals surface area contributed by atoms with Gasteiger partial charge >= 0.3 is 5.97 Å². The normalized spacial score (nSPS) is 13.9. The molecule has 1 amide bonds. The molecule has 0 bridgehead atoms. The Balaban J connectivity index is 1.73. The summed E-state index contributed by atoms with van der Waals surface area (Å²) in [7, 11) is 4.92. The zero-order valence-corrected chi connectivity index (χ0v) is 22.5. The van der Waals surface area contributed by atoms with Crippen LogP contribution in [0.3, 0.4) is 0 Å². The van der Waals surface area contributed by atoms with Crippen molar-refractivity contribution in [3.63, 3.8) is 0 Å². The predicted octanol–water partition coefficient (Wildman–Crippen LogP) is 3.12. The lowest BCUT2D eigenvalue weighted by Crippen LogP contribution is -2.50. The molecule has 9 nitrogen and oxygen atoms in total. The molecule has 1 aliphatic heterocycles. The van der Waals surface area contributed by atoms with Gasteiger partial charge in [-0.1, -0.05) is 23.2 Å². The molecule has 0 unspecified atom stereocenters. The molecule has 0 saturated carbocycles. The first-order chi connectivity index (χ1) is 17.7. The molecule has 0 radical (unpaired) electrons. The molecule has 3 aromatic rings. The highest BCUT2D eigenvalue weighted by atomic mass is 35.5. The summed E-state index contributed by atoms with van der Waals surface area (Å²) in [5.74, 6) is -0.807. The van der Waals surface area contributed by atoms with E-state index in [1.807, 2.05) is 17.0 Å². The number of carbonyl (C=O) groups is 2. The maximum Gasteiger partial charge on any atom is 0.345 e. The summed E-state index contributed by atoms with van der Waals surface area (Å²) in [4.78, 5) is 43.4. The van der Waals surface area contributed by atoms with Crippen LogP contribution in [-0.2, 0) is 11.3 Å². The summed E-state index contributed by atoms with van der Waals surface area (Å²) in [5, 5.41) is 3.57. The Labute approximate surface area is 225 Å². The molecule has 196 valence electrons. The monoisotopic (exact) mass is 545 g/mol. The van der Waals surface area contributed by atoms with E-state index >= 15 is 0 Å². The number of anilines is 1. The fraction of sp³-hybridized carbons (Fsp3) is 0.346. The lowest BCUT2D eigenvalue weighted by Gasteiger charge is -2.37. The Morgan fingerprint density at radius 1 is 1.03 bits per heavy atom. The highest BCUT2D eigenvalue weighted by Crippen LogP contribution is 2.32. The van der Waals surface area contributed by atoms with Crippen molar-refractivity contribution >= 4 is 51.7 Å². The average Bonchev–Trinajstić information content (AvgIpc) is 2.91. The Bertz CT molecular complexity index is 1370. The maximum absolute atomic E-state index is 13.7. The van der Waals surface area contributed by atoms with Gasteiger partial charge in [-0.15, -0.1) is 0 Å². The number of nitrogens with one attached hydrogen (secondary N) is 1. The van der Waals surface area contributed by atoms with Crippen molar-refractivity contribution in [1.82, 2.24) is 19.9 Å². The van der Waals surface area contributed by atoms with Crippen molar-refractivity contribution in [2.75, 3.05) is 58.8 Å². The number of amides is 1. The molecule has 11 heteroatoms. The van der Waals surface area contributed by atoms with Crippen LogP contribution in [-0.4, -0.2) is 80.3 Å². The summed E-state index contributed by atoms with van der Waals surface area (Å²) < 4.78 is 6.63. The van der Waals surface area contributed by atoms with Crippen molar-refractivity contribution in [1.29, 1.82) is 0 Å². The number of benzene rings is 2. The highest BCUT2D eigenvalue weighted by molar-refractivity contribution is 6.31. The predicted molar refractivity (Wildman–Crippen MR) is 146 cm³/mol. The molecule has 1 N–H and O–H groups in total. The van der Waals surface area contributed by atoms with Crippen LogP contribution >= 0.6 is 23.2 Å². The SMILES string of the molecule is CNN(C)CCn1c(=O)c(C(=O)OC)c(N2CCN(C(=O)c3ccc(Cl)cc3)CC2)c2cc(Cl)ccc21. The number of methoxy groups -OCH3 is 1. The van der Waals surface area contributed by atoms with Gasteiger partial charge in [0.25, 0.3) is 11.5 Å². The molecule has 0 aliphatic carbocycles. The molecular formula is C26H29Cl2N5O4. The van der Waals surface area contributed by atoms with Gasteiger partial charge in [0.1, 0.15) is 5.56 Å². The second-order valence-electron chi connectivity index (χ2n) is 8.76. The van der Waals surface area contributed by atoms with Crippen LogP contribution in [0.1, 0.15) is 20.7 Å². The van der Waals surface area contributed by atoms with E-state index in [1.54, 1.807) is 59.0 Å². The number of aromatic nitrogens is 1. The average molecular weight is 546 g/mol. The number of hydrogen-bond acceptors (Lipinski definition) is 7. The van der Waals surface area contributed by atoms with Gasteiger partial charge in [-0.2, -0.15) is 0 Å². The van der Waals surface area contributed by atoms with E-state index in [2.05, 4.69) is 5.43 Å². The maximum atomic E-state index is 13.7. The Hall–Kier alpha value is -3.11. The Kier molecular flexibility index (Phi) is 8.39. The summed E-state index contributed by atoms with van der Waals surface area (Å²) in [6.07, 6.45) is 0. The van der Waals surface area contributed by atoms with Gasteiger partial charge in [-0.05, 0) is 49.5 Å². The topological polar surface area (TPSA) is 87.1 Å². The Morgan fingerprint density at radius 3 is 2.30 bits per heavy atom. The Morgan fingerprint density at radius 2 is 1.68 bits per heavy atom. The van der Waals surface area contributed by atoms with E-state index in [-0.39, 0.29) is 11.5 Å². The highest BCUT2D eigenvalue weighted by Gasteiger charge is 2.30. The number of piperazine rings is 1. The van der Waals surface area contributed by atoms with Gasteiger partial charge < -0.3 is 19.1 Å². The summed E-state index contributed by atoms with van der Waals surface area (Å²) >= 11 is 12.3. The van der Waals surface area contributed by atoms with Crippen LogP contribution in [0, 0.1) is 0 Å². The van der Waals surface area contributed by atoms with Gasteiger partial charge in [-0.25, -0.2) is 9.80 Å². The van der Waals surface area contributed by atoms with E-state index in [1.165, 1.54) is 7.11 Å². The van der Waals surface area contributed by atoms with E-state index < -0.39 is 11.5 Å². The van der Waals surface area contributed by atoms with Gasteiger partial charge in [0.2, 0.25) is 0 Å². The minimum absolute atomic E-state index is 0.0399. The third kappa shape index (κ3) is 5.60. The van der Waals surface area contributed by atoms with Crippen LogP contribution in [0.2, 0.25) is 10.0 Å². The number of carbonyl (C=O) groups excluding carboxylic acids is 2. The van der Waals surface area contributed by atoms with Gasteiger partial charge in [-0.3, -0.25) is 15.0 Å². The number of rotatable bonds is 7. The summed E-state index contributed by atoms with van der Waals surface area (Å²) in [5.41, 5.74) is 4.24. The fourth-order valence-electron chi connectivity index (χ4n) is 4.52. The van der Waals surface area contributed by atoms with Crippen LogP contribution in [0.4, 0.5) is 5.69 Å². The lowest BCUT2D eigenvalue weighted by atomic mass is 10.1. The molecule has 2 aromatic carbocycles. The third-order valence-corrected chi connectivity index (χ3v) is 7.09. The van der Waals surface area contributed by atoms with E-state index in [0.29, 0.717) is 71.5 Å². The quantitative estimate of drug-likeness (QED) is 0.360. The minimum atomic E-state index is -0.711. The molecule has 1 saturated heterocycles. The molecule has 4 rings (SSSR count). The van der Waals surface area contributed by atoms with Crippen LogP contribution in [0.25, 0.3) is 10.9 Å². The van der Waals surface area contributed by atoms with Crippen molar-refractivity contribution < 1.29 is 14.3 Å². The van der Waals surface area contributed by atoms with Crippen LogP contribution < -0.4 is 15.9 Å². The van der Waals surface area contributed by atoms with Crippen LogP contribution in [0.5, 0.6) is 0 Å². The molecule has 1 fully saturated rings. The number of ether oxygens (including phenoxy) is 1. The van der Waals surface area contributed by atoms with E-state index in [0.717, 1.165) is 0 Å². The molecule has 2 heterocycles. The first-order valence-corrected chi connectivity index (χ1v) is 12.6. The molecule has 1 aromatic heterocycles. The van der Waals surface area contributed by atoms with Crippen LogP contribution in [0.15, 0.2) is 47.3 Å². The zero-order valence-electron chi connectivity index (χ0n) is 21.0. The fourth-order valence-corrected chi connectivity index (χ4v) is 4.82. The largest absolute Gasteiger partial charge is 0.465 e. The number of likely N-dealkylation sites (N-methyl/N-ethyl adjacent to an activating group) is 1. The number of pyridine rings is 1. The summed E-state index contributed by atoms with van der Waals surface area (Å²) in [6.45, 7) is 2.57. The second-order valence-corrected chi connectivity index (χ2v) is 9.64. The number of halogens is 2. The molecular weight excluding hydrogens is 517 g/mol. The standard InChI is InChI=1S/C26H29Cl2N5O4/c1-29-30(2)10-15-33-21-9-8-19(28)16-20(21)23(22(25(33)35)26(36)37-3)31-11-13-32(14-12-31)24(34)17-4-6-18(27)7-5-17/h4-9,16,29H,10-15H2,1-3H3. The first-order valence-electron chi connectivity index (χ1n) is 11.9. The van der Waals surface area contributed by atoms with Gasteiger partial charge in [0, 0.05) is 67.3 Å².